The molecular weight excluding hydrogens is 562 g/mol. The lowest BCUT2D eigenvalue weighted by Crippen LogP contribution is -2.48. The first kappa shape index (κ1) is 31.8. The fourth-order valence-electron chi connectivity index (χ4n) is 5.67. The molecule has 2 aliphatic rings. The third-order valence-electron chi connectivity index (χ3n) is 8.19. The van der Waals surface area contributed by atoms with Crippen LogP contribution in [0.4, 0.5) is 10.5 Å². The van der Waals surface area contributed by atoms with E-state index in [-0.39, 0.29) is 66.4 Å². The summed E-state index contributed by atoms with van der Waals surface area (Å²) in [5.74, 6) is 0.138. The van der Waals surface area contributed by atoms with Crippen LogP contribution in [0.1, 0.15) is 63.0 Å². The Bertz CT molecular complexity index is 1350. The van der Waals surface area contributed by atoms with Gasteiger partial charge in [0.1, 0.15) is 22.4 Å². The Balaban J connectivity index is 1.61. The topological polar surface area (TPSA) is 154 Å². The van der Waals surface area contributed by atoms with Crippen molar-refractivity contribution in [2.75, 3.05) is 32.1 Å². The third-order valence-corrected chi connectivity index (χ3v) is 10.3. The average Bonchev–Trinajstić information content (AvgIpc) is 3.31. The Morgan fingerprint density at radius 3 is 2.60 bits per heavy atom. The Labute approximate surface area is 247 Å². The molecule has 1 aromatic carbocycles. The maximum Gasteiger partial charge on any atom is 0.319 e. The van der Waals surface area contributed by atoms with Gasteiger partial charge in [-0.1, -0.05) is 31.3 Å². The summed E-state index contributed by atoms with van der Waals surface area (Å²) >= 11 is 0. The maximum atomic E-state index is 13.5. The number of carbonyl (C=O) groups excluding carboxylic acids is 2. The van der Waals surface area contributed by atoms with Crippen molar-refractivity contribution in [3.05, 3.63) is 35.2 Å². The molecule has 3 amide bonds. The van der Waals surface area contributed by atoms with Crippen molar-refractivity contribution >= 4 is 27.6 Å². The second-order valence-corrected chi connectivity index (χ2v) is 13.6. The molecule has 13 heteroatoms. The van der Waals surface area contributed by atoms with Crippen LogP contribution >= 0.6 is 0 Å². The number of nitrogens with zero attached hydrogens (tertiary/aromatic N) is 3. The van der Waals surface area contributed by atoms with Crippen molar-refractivity contribution in [3.63, 3.8) is 0 Å². The zero-order chi connectivity index (χ0) is 30.6. The summed E-state index contributed by atoms with van der Waals surface area (Å²) in [5.41, 5.74) is 1.34. The molecule has 2 heterocycles. The van der Waals surface area contributed by atoms with Gasteiger partial charge in [-0.2, -0.15) is 4.31 Å². The molecule has 0 spiro atoms. The van der Waals surface area contributed by atoms with Crippen LogP contribution in [0, 0.1) is 19.8 Å². The molecule has 0 saturated heterocycles. The number of benzene rings is 1. The van der Waals surface area contributed by atoms with E-state index in [1.807, 2.05) is 6.92 Å². The van der Waals surface area contributed by atoms with Gasteiger partial charge in [-0.05, 0) is 51.8 Å². The number of hydrogen-bond donors (Lipinski definition) is 3. The molecule has 0 unspecified atom stereocenters. The first-order valence-corrected chi connectivity index (χ1v) is 16.0. The largest absolute Gasteiger partial charge is 0.488 e. The maximum absolute atomic E-state index is 13.5. The SMILES string of the molecule is Cc1noc(C)c1S(=O)(=O)N(C)C[C@@H]1Oc2ccc(NC(=O)NC3CCCCC3)cc2CC(=O)N([C@H](C)CO)C[C@@H]1C. The van der Waals surface area contributed by atoms with Gasteiger partial charge in [0.05, 0.1) is 25.6 Å². The first-order chi connectivity index (χ1) is 19.9. The molecule has 0 radical (unpaired) electrons. The fraction of sp³-hybridized carbons (Fsp3) is 0.621. The van der Waals surface area contributed by atoms with Crippen LogP contribution in [0.25, 0.3) is 0 Å². The molecule has 1 fully saturated rings. The summed E-state index contributed by atoms with van der Waals surface area (Å²) in [7, 11) is -2.47. The smallest absolute Gasteiger partial charge is 0.319 e. The van der Waals surface area contributed by atoms with Crippen molar-refractivity contribution in [1.82, 2.24) is 19.7 Å². The van der Waals surface area contributed by atoms with Crippen molar-refractivity contribution in [2.45, 2.75) is 89.3 Å². The molecule has 42 heavy (non-hydrogen) atoms. The minimum Gasteiger partial charge on any atom is -0.488 e. The summed E-state index contributed by atoms with van der Waals surface area (Å²) in [6.07, 6.45) is 4.65. The predicted octanol–water partition coefficient (Wildman–Crippen LogP) is 3.22. The second-order valence-electron chi connectivity index (χ2n) is 11.6. The van der Waals surface area contributed by atoms with Gasteiger partial charge in [-0.25, -0.2) is 13.2 Å². The molecule has 0 bridgehead atoms. The highest BCUT2D eigenvalue weighted by atomic mass is 32.2. The number of ether oxygens (including phenoxy) is 1. The van der Waals surface area contributed by atoms with E-state index in [4.69, 9.17) is 9.26 Å². The van der Waals surface area contributed by atoms with Crippen LogP contribution < -0.4 is 15.4 Å². The number of likely N-dealkylation sites (N-methyl/N-ethyl adjacent to an activating group) is 1. The molecule has 232 valence electrons. The van der Waals surface area contributed by atoms with E-state index in [9.17, 15) is 23.1 Å². The Kier molecular flexibility index (Phi) is 10.2. The van der Waals surface area contributed by atoms with Crippen LogP contribution in [-0.2, 0) is 21.2 Å². The molecule has 2 aromatic rings. The molecular formula is C29H43N5O7S. The van der Waals surface area contributed by atoms with E-state index >= 15 is 0 Å². The molecule has 3 N–H and O–H groups in total. The molecule has 12 nitrogen and oxygen atoms in total. The van der Waals surface area contributed by atoms with Crippen molar-refractivity contribution < 1.29 is 32.4 Å². The van der Waals surface area contributed by atoms with E-state index in [1.165, 1.54) is 17.8 Å². The number of fused-ring (bicyclic) bond motifs is 1. The number of anilines is 1. The Morgan fingerprint density at radius 1 is 1.24 bits per heavy atom. The van der Waals surface area contributed by atoms with E-state index in [0.29, 0.717) is 17.0 Å². The predicted molar refractivity (Wildman–Crippen MR) is 157 cm³/mol. The summed E-state index contributed by atoms with van der Waals surface area (Å²) < 4.78 is 39.7. The van der Waals surface area contributed by atoms with Crippen molar-refractivity contribution in [2.24, 2.45) is 5.92 Å². The number of hydrogen-bond acceptors (Lipinski definition) is 8. The number of carbonyl (C=O) groups is 2. The number of aliphatic hydroxyl groups is 1. The van der Waals surface area contributed by atoms with Crippen LogP contribution in [0.3, 0.4) is 0 Å². The van der Waals surface area contributed by atoms with Gasteiger partial charge in [-0.3, -0.25) is 4.79 Å². The van der Waals surface area contributed by atoms with E-state index < -0.39 is 22.2 Å². The number of amides is 3. The fourth-order valence-corrected chi connectivity index (χ4v) is 7.14. The summed E-state index contributed by atoms with van der Waals surface area (Å²) in [6.45, 7) is 6.81. The van der Waals surface area contributed by atoms with Crippen LogP contribution in [-0.4, -0.2) is 84.8 Å². The number of aliphatic hydroxyl groups excluding tert-OH is 1. The van der Waals surface area contributed by atoms with Crippen LogP contribution in [0.15, 0.2) is 27.6 Å². The standard InChI is InChI=1S/C29H43N5O7S/c1-18-15-34(19(2)17-35)27(36)14-22-13-24(31-29(37)30-23-9-7-6-8-10-23)11-12-25(22)40-26(18)16-33(5)42(38,39)28-20(3)32-41-21(28)4/h11-13,18-19,23,26,35H,6-10,14-17H2,1-5H3,(H2,30,31,37)/t18-,19+,26-/m0/s1. The normalized spacial score (nSPS) is 21.1. The molecule has 1 aliphatic carbocycles. The molecule has 4 rings (SSSR count). The number of aryl methyl sites for hydroxylation is 2. The molecule has 3 atom stereocenters. The van der Waals surface area contributed by atoms with Crippen molar-refractivity contribution in [1.29, 1.82) is 0 Å². The Morgan fingerprint density at radius 2 is 1.95 bits per heavy atom. The summed E-state index contributed by atoms with van der Waals surface area (Å²) in [5, 5.41) is 19.6. The van der Waals surface area contributed by atoms with E-state index in [1.54, 1.807) is 43.9 Å². The number of nitrogens with one attached hydrogen (secondary N) is 2. The lowest BCUT2D eigenvalue weighted by atomic mass is 9.96. The van der Waals surface area contributed by atoms with Gasteiger partial charge < -0.3 is 29.9 Å². The second kappa shape index (κ2) is 13.4. The number of rotatable bonds is 8. The first-order valence-electron chi connectivity index (χ1n) is 14.6. The van der Waals surface area contributed by atoms with Gasteiger partial charge in [-0.15, -0.1) is 0 Å². The highest BCUT2D eigenvalue weighted by Gasteiger charge is 2.35. The minimum absolute atomic E-state index is 0.00761. The zero-order valence-electron chi connectivity index (χ0n) is 25.1. The molecule has 1 aromatic heterocycles. The van der Waals surface area contributed by atoms with E-state index in [2.05, 4.69) is 15.8 Å². The van der Waals surface area contributed by atoms with Crippen molar-refractivity contribution in [3.8, 4) is 5.75 Å². The highest BCUT2D eigenvalue weighted by Crippen LogP contribution is 2.30. The van der Waals surface area contributed by atoms with E-state index in [0.717, 1.165) is 25.7 Å². The van der Waals surface area contributed by atoms with Crippen LogP contribution in [0.5, 0.6) is 5.75 Å². The number of aromatic nitrogens is 1. The van der Waals surface area contributed by atoms with Gasteiger partial charge in [0.15, 0.2) is 5.76 Å². The zero-order valence-corrected chi connectivity index (χ0v) is 25.9. The number of sulfonamides is 1. The monoisotopic (exact) mass is 605 g/mol. The molecule has 1 aliphatic heterocycles. The third kappa shape index (κ3) is 7.24. The summed E-state index contributed by atoms with van der Waals surface area (Å²) in [4.78, 5) is 27.8. The Hall–Kier alpha value is -3.16. The van der Waals surface area contributed by atoms with Gasteiger partial charge >= 0.3 is 6.03 Å². The average molecular weight is 606 g/mol. The summed E-state index contributed by atoms with van der Waals surface area (Å²) in [6, 6.07) is 4.52. The lowest BCUT2D eigenvalue weighted by Gasteiger charge is -2.33. The highest BCUT2D eigenvalue weighted by molar-refractivity contribution is 7.89. The van der Waals surface area contributed by atoms with Gasteiger partial charge in [0.25, 0.3) is 0 Å². The van der Waals surface area contributed by atoms with Crippen LogP contribution in [0.2, 0.25) is 0 Å². The lowest BCUT2D eigenvalue weighted by molar-refractivity contribution is -0.134. The molecule has 1 saturated carbocycles. The quantitative estimate of drug-likeness (QED) is 0.415. The number of urea groups is 1. The minimum atomic E-state index is -3.94. The van der Waals surface area contributed by atoms with Gasteiger partial charge in [0, 0.05) is 36.8 Å². The van der Waals surface area contributed by atoms with Gasteiger partial charge in [0.2, 0.25) is 15.9 Å².